The normalized spacial score (nSPS) is 30.2. The minimum absolute atomic E-state index is 0.0719. The minimum atomic E-state index is -0.373. The Kier molecular flexibility index (Phi) is 1.52. The maximum Gasteiger partial charge on any atom is 0.141 e. The van der Waals surface area contributed by atoms with Gasteiger partial charge in [0.1, 0.15) is 5.82 Å². The first kappa shape index (κ1) is 8.63. The topological polar surface area (TPSA) is 38.9 Å². The molecule has 0 aromatic carbocycles. The molecule has 0 bridgehead atoms. The lowest BCUT2D eigenvalue weighted by Gasteiger charge is -2.14. The molecule has 0 amide bonds. The van der Waals surface area contributed by atoms with Crippen LogP contribution in [0.3, 0.4) is 0 Å². The molecule has 13 heavy (non-hydrogen) atoms. The van der Waals surface area contributed by atoms with Crippen LogP contribution in [0.15, 0.2) is 18.5 Å². The molecule has 3 heteroatoms. The van der Waals surface area contributed by atoms with E-state index in [1.165, 1.54) is 12.3 Å². The van der Waals surface area contributed by atoms with Gasteiger partial charge in [0.05, 0.1) is 6.20 Å². The van der Waals surface area contributed by atoms with Gasteiger partial charge < -0.3 is 5.73 Å². The van der Waals surface area contributed by atoms with Crippen molar-refractivity contribution in [3.8, 4) is 0 Å². The molecule has 0 radical (unpaired) electrons. The van der Waals surface area contributed by atoms with Crippen molar-refractivity contribution in [3.05, 3.63) is 29.8 Å². The van der Waals surface area contributed by atoms with Crippen molar-refractivity contribution < 1.29 is 4.39 Å². The standard InChI is InChI=1S/C10H13FN2/c1-9(2)6-10(9,12)7-3-8(11)5-13-4-7/h3-5H,6,12H2,1-2H3. The third-order valence-corrected chi connectivity index (χ3v) is 3.02. The average Bonchev–Trinajstić information content (AvgIpc) is 2.53. The molecule has 0 saturated heterocycles. The van der Waals surface area contributed by atoms with E-state index in [0.29, 0.717) is 0 Å². The number of pyridine rings is 1. The monoisotopic (exact) mass is 180 g/mol. The van der Waals surface area contributed by atoms with Gasteiger partial charge in [0.15, 0.2) is 0 Å². The summed E-state index contributed by atoms with van der Waals surface area (Å²) in [5.41, 5.74) is 6.61. The Morgan fingerprint density at radius 1 is 1.46 bits per heavy atom. The van der Waals surface area contributed by atoms with Crippen LogP contribution in [0.5, 0.6) is 0 Å². The quantitative estimate of drug-likeness (QED) is 0.715. The largest absolute Gasteiger partial charge is 0.321 e. The van der Waals surface area contributed by atoms with Gasteiger partial charge in [-0.25, -0.2) is 4.39 Å². The highest BCUT2D eigenvalue weighted by molar-refractivity contribution is 5.32. The van der Waals surface area contributed by atoms with E-state index >= 15 is 0 Å². The fourth-order valence-corrected chi connectivity index (χ4v) is 1.80. The summed E-state index contributed by atoms with van der Waals surface area (Å²) in [6.07, 6.45) is 3.74. The summed E-state index contributed by atoms with van der Waals surface area (Å²) in [7, 11) is 0. The second-order valence-corrected chi connectivity index (χ2v) is 4.42. The van der Waals surface area contributed by atoms with Crippen LogP contribution in [-0.4, -0.2) is 4.98 Å². The summed E-state index contributed by atoms with van der Waals surface area (Å²) in [6, 6.07) is 1.47. The Hall–Kier alpha value is -0.960. The van der Waals surface area contributed by atoms with Crippen molar-refractivity contribution in [2.75, 3.05) is 0 Å². The summed E-state index contributed by atoms with van der Waals surface area (Å²) in [5.74, 6) is -0.315. The van der Waals surface area contributed by atoms with Gasteiger partial charge in [-0.05, 0) is 23.5 Å². The third kappa shape index (κ3) is 1.15. The number of rotatable bonds is 1. The zero-order chi connectivity index (χ0) is 9.69. The molecule has 0 spiro atoms. The molecule has 0 aliphatic heterocycles. The Labute approximate surface area is 77.0 Å². The van der Waals surface area contributed by atoms with Crippen LogP contribution in [0.1, 0.15) is 25.8 Å². The molecule has 1 heterocycles. The maximum absolute atomic E-state index is 12.9. The fraction of sp³-hybridized carbons (Fsp3) is 0.500. The predicted octanol–water partition coefficient (Wildman–Crippen LogP) is 1.80. The summed E-state index contributed by atoms with van der Waals surface area (Å²) in [6.45, 7) is 4.16. The zero-order valence-corrected chi connectivity index (χ0v) is 7.84. The molecule has 1 fully saturated rings. The highest BCUT2D eigenvalue weighted by Gasteiger charge is 2.59. The van der Waals surface area contributed by atoms with E-state index in [9.17, 15) is 4.39 Å². The van der Waals surface area contributed by atoms with Gasteiger partial charge in [0.2, 0.25) is 0 Å². The van der Waals surface area contributed by atoms with Crippen molar-refractivity contribution in [3.63, 3.8) is 0 Å². The first-order chi connectivity index (χ1) is 5.96. The van der Waals surface area contributed by atoms with Crippen LogP contribution < -0.4 is 5.73 Å². The molecule has 2 N–H and O–H groups in total. The highest BCUT2D eigenvalue weighted by Crippen LogP contribution is 2.60. The Morgan fingerprint density at radius 2 is 2.08 bits per heavy atom. The zero-order valence-electron chi connectivity index (χ0n) is 7.84. The first-order valence-corrected chi connectivity index (χ1v) is 4.36. The van der Waals surface area contributed by atoms with Crippen LogP contribution in [-0.2, 0) is 5.54 Å². The lowest BCUT2D eigenvalue weighted by Crippen LogP contribution is -2.25. The SMILES string of the molecule is CC1(C)CC1(N)c1cncc(F)c1. The third-order valence-electron chi connectivity index (χ3n) is 3.02. The van der Waals surface area contributed by atoms with Gasteiger partial charge in [-0.1, -0.05) is 13.8 Å². The second kappa shape index (κ2) is 2.29. The van der Waals surface area contributed by atoms with Crippen molar-refractivity contribution >= 4 is 0 Å². The fourth-order valence-electron chi connectivity index (χ4n) is 1.80. The number of aromatic nitrogens is 1. The van der Waals surface area contributed by atoms with Gasteiger partial charge in [0.25, 0.3) is 0 Å². The Morgan fingerprint density at radius 3 is 2.54 bits per heavy atom. The number of hydrogen-bond acceptors (Lipinski definition) is 2. The summed E-state index contributed by atoms with van der Waals surface area (Å²) in [4.78, 5) is 3.80. The molecular weight excluding hydrogens is 167 g/mol. The van der Waals surface area contributed by atoms with Gasteiger partial charge in [0, 0.05) is 11.7 Å². The Bertz CT molecular complexity index is 349. The lowest BCUT2D eigenvalue weighted by molar-refractivity contribution is 0.504. The van der Waals surface area contributed by atoms with E-state index in [0.717, 1.165) is 12.0 Å². The van der Waals surface area contributed by atoms with Crippen molar-refractivity contribution in [1.29, 1.82) is 0 Å². The second-order valence-electron chi connectivity index (χ2n) is 4.42. The van der Waals surface area contributed by atoms with E-state index in [1.807, 2.05) is 0 Å². The van der Waals surface area contributed by atoms with Crippen molar-refractivity contribution in [2.45, 2.75) is 25.8 Å². The molecule has 1 aromatic rings. The average molecular weight is 180 g/mol. The minimum Gasteiger partial charge on any atom is -0.321 e. The van der Waals surface area contributed by atoms with Gasteiger partial charge >= 0.3 is 0 Å². The molecule has 1 aliphatic carbocycles. The molecule has 1 aliphatic rings. The van der Waals surface area contributed by atoms with Gasteiger partial charge in [-0.2, -0.15) is 0 Å². The van der Waals surface area contributed by atoms with E-state index in [1.54, 1.807) is 6.20 Å². The first-order valence-electron chi connectivity index (χ1n) is 4.36. The highest BCUT2D eigenvalue weighted by atomic mass is 19.1. The van der Waals surface area contributed by atoms with Crippen LogP contribution in [0.4, 0.5) is 4.39 Å². The van der Waals surface area contributed by atoms with Crippen molar-refractivity contribution in [2.24, 2.45) is 11.1 Å². The van der Waals surface area contributed by atoms with Crippen LogP contribution >= 0.6 is 0 Å². The lowest BCUT2D eigenvalue weighted by atomic mass is 9.99. The van der Waals surface area contributed by atoms with Crippen LogP contribution in [0, 0.1) is 11.2 Å². The van der Waals surface area contributed by atoms with E-state index in [2.05, 4.69) is 18.8 Å². The molecule has 1 aromatic heterocycles. The van der Waals surface area contributed by atoms with E-state index in [4.69, 9.17) is 5.73 Å². The summed E-state index contributed by atoms with van der Waals surface area (Å²) < 4.78 is 12.9. The molecule has 2 rings (SSSR count). The Balaban J connectivity index is 2.38. The number of nitrogens with zero attached hydrogens (tertiary/aromatic N) is 1. The number of hydrogen-bond donors (Lipinski definition) is 1. The molecule has 1 atom stereocenters. The summed E-state index contributed by atoms with van der Waals surface area (Å²) >= 11 is 0. The molecule has 1 saturated carbocycles. The molecular formula is C10H13FN2. The van der Waals surface area contributed by atoms with Crippen LogP contribution in [0.25, 0.3) is 0 Å². The molecule has 1 unspecified atom stereocenters. The molecule has 70 valence electrons. The van der Waals surface area contributed by atoms with Crippen LogP contribution in [0.2, 0.25) is 0 Å². The van der Waals surface area contributed by atoms with E-state index in [-0.39, 0.29) is 16.8 Å². The number of halogens is 1. The molecule has 2 nitrogen and oxygen atoms in total. The maximum atomic E-state index is 12.9. The summed E-state index contributed by atoms with van der Waals surface area (Å²) in [5, 5.41) is 0. The predicted molar refractivity (Wildman–Crippen MR) is 48.5 cm³/mol. The van der Waals surface area contributed by atoms with Crippen molar-refractivity contribution in [1.82, 2.24) is 4.98 Å². The smallest absolute Gasteiger partial charge is 0.141 e. The number of nitrogens with two attached hydrogens (primary N) is 1. The van der Waals surface area contributed by atoms with E-state index < -0.39 is 0 Å². The van der Waals surface area contributed by atoms with Gasteiger partial charge in [-0.3, -0.25) is 4.98 Å². The van der Waals surface area contributed by atoms with Gasteiger partial charge in [-0.15, -0.1) is 0 Å².